The highest BCUT2D eigenvalue weighted by molar-refractivity contribution is 6.33. The van der Waals surface area contributed by atoms with E-state index in [2.05, 4.69) is 62.5 Å². The number of ether oxygens (including phenoxy) is 1. The Balaban J connectivity index is 1.57. The Hall–Kier alpha value is -2.43. The summed E-state index contributed by atoms with van der Waals surface area (Å²) in [5.41, 5.74) is 7.72. The van der Waals surface area contributed by atoms with Gasteiger partial charge in [-0.2, -0.15) is 0 Å². The third kappa shape index (κ3) is 4.02. The minimum Gasteiger partial charge on any atom is -0.376 e. The Labute approximate surface area is 195 Å². The molecular weight excluding hydrogens is 418 g/mol. The summed E-state index contributed by atoms with van der Waals surface area (Å²) >= 11 is 6.63. The summed E-state index contributed by atoms with van der Waals surface area (Å²) in [5.74, 6) is 1.36. The minimum atomic E-state index is 0.0801. The van der Waals surface area contributed by atoms with Crippen molar-refractivity contribution in [3.63, 3.8) is 0 Å². The fourth-order valence-corrected chi connectivity index (χ4v) is 5.08. The number of hydrogen-bond acceptors (Lipinski definition) is 4. The van der Waals surface area contributed by atoms with E-state index in [-0.39, 0.29) is 12.1 Å². The van der Waals surface area contributed by atoms with Gasteiger partial charge in [0.05, 0.1) is 34.3 Å². The maximum Gasteiger partial charge on any atom is 0.148 e. The number of aryl methyl sites for hydroxylation is 2. The number of nitrogens with one attached hydrogen (secondary N) is 1. The van der Waals surface area contributed by atoms with Crippen molar-refractivity contribution >= 4 is 17.4 Å². The molecule has 1 aromatic heterocycles. The molecule has 1 heterocycles. The third-order valence-electron chi connectivity index (χ3n) is 6.53. The van der Waals surface area contributed by atoms with E-state index in [0.29, 0.717) is 12.5 Å². The summed E-state index contributed by atoms with van der Waals surface area (Å²) in [6.07, 6.45) is 4.13. The van der Waals surface area contributed by atoms with Gasteiger partial charge in [0.1, 0.15) is 5.82 Å². The molecule has 5 rings (SSSR count). The molecule has 2 aliphatic carbocycles. The summed E-state index contributed by atoms with van der Waals surface area (Å²) in [6.45, 7) is 6.94. The van der Waals surface area contributed by atoms with Gasteiger partial charge >= 0.3 is 0 Å². The number of hydrogen-bond donors (Lipinski definition) is 1. The van der Waals surface area contributed by atoms with Crippen molar-refractivity contribution in [1.82, 2.24) is 9.97 Å². The molecule has 0 amide bonds. The van der Waals surface area contributed by atoms with Crippen LogP contribution in [0.2, 0.25) is 5.02 Å². The van der Waals surface area contributed by atoms with E-state index in [4.69, 9.17) is 26.3 Å². The number of rotatable bonds is 7. The fourth-order valence-electron chi connectivity index (χ4n) is 4.75. The van der Waals surface area contributed by atoms with Crippen LogP contribution >= 0.6 is 11.6 Å². The van der Waals surface area contributed by atoms with Crippen LogP contribution < -0.4 is 5.32 Å². The van der Waals surface area contributed by atoms with Crippen LogP contribution in [0, 0.1) is 6.92 Å². The van der Waals surface area contributed by atoms with Crippen LogP contribution in [0.4, 0.5) is 5.82 Å². The molecule has 1 N–H and O–H groups in total. The Morgan fingerprint density at radius 3 is 2.62 bits per heavy atom. The molecule has 1 fully saturated rings. The van der Waals surface area contributed by atoms with Crippen molar-refractivity contribution in [2.75, 3.05) is 11.9 Å². The minimum absolute atomic E-state index is 0.0801. The normalized spacial score (nSPS) is 19.8. The first-order chi connectivity index (χ1) is 15.6. The Bertz CT molecular complexity index is 1140. The Morgan fingerprint density at radius 2 is 1.91 bits per heavy atom. The zero-order valence-electron chi connectivity index (χ0n) is 19.0. The second-order valence-electron chi connectivity index (χ2n) is 8.88. The van der Waals surface area contributed by atoms with Gasteiger partial charge in [-0.3, -0.25) is 0 Å². The predicted molar refractivity (Wildman–Crippen MR) is 130 cm³/mol. The van der Waals surface area contributed by atoms with Crippen molar-refractivity contribution in [1.29, 1.82) is 0 Å². The Kier molecular flexibility index (Phi) is 5.92. The fraction of sp³-hybridized carbons (Fsp3) is 0.407. The third-order valence-corrected chi connectivity index (χ3v) is 6.84. The molecule has 2 atom stereocenters. The number of benzene rings is 2. The van der Waals surface area contributed by atoms with E-state index < -0.39 is 0 Å². The van der Waals surface area contributed by atoms with Gasteiger partial charge in [0.15, 0.2) is 0 Å². The molecule has 0 unspecified atom stereocenters. The van der Waals surface area contributed by atoms with E-state index in [1.807, 2.05) is 6.07 Å². The first-order valence-electron chi connectivity index (χ1n) is 11.7. The molecule has 2 aliphatic rings. The molecule has 0 bridgehead atoms. The molecule has 3 aromatic rings. The standard InChI is InChI=1S/C27H30ClN3O/c1-4-22-25(20-13-10-16(3)14-21(20)28)30-24(17-11-12-17)27(29-22)31-26-19-9-7-6-8-18(19)15-23(26)32-5-2/h6-10,13-14,17,23,26H,4-5,11-12,15H2,1-3H3,(H,29,31)/t23-,26+/m0/s1. The van der Waals surface area contributed by atoms with Gasteiger partial charge in [-0.25, -0.2) is 9.97 Å². The van der Waals surface area contributed by atoms with E-state index in [1.54, 1.807) is 0 Å². The number of anilines is 1. The average molecular weight is 448 g/mol. The van der Waals surface area contributed by atoms with Crippen LogP contribution in [-0.2, 0) is 17.6 Å². The summed E-state index contributed by atoms with van der Waals surface area (Å²) in [4.78, 5) is 10.3. The first kappa shape index (κ1) is 21.4. The van der Waals surface area contributed by atoms with Crippen LogP contribution in [0.3, 0.4) is 0 Å². The summed E-state index contributed by atoms with van der Waals surface area (Å²) in [7, 11) is 0. The number of aromatic nitrogens is 2. The van der Waals surface area contributed by atoms with Crippen molar-refractivity contribution in [2.45, 2.75) is 64.5 Å². The van der Waals surface area contributed by atoms with Crippen molar-refractivity contribution in [2.24, 2.45) is 0 Å². The quantitative estimate of drug-likeness (QED) is 0.440. The molecule has 0 radical (unpaired) electrons. The van der Waals surface area contributed by atoms with Gasteiger partial charge in [-0.05, 0) is 55.9 Å². The van der Waals surface area contributed by atoms with E-state index in [1.165, 1.54) is 11.1 Å². The van der Waals surface area contributed by atoms with E-state index in [0.717, 1.165) is 64.7 Å². The van der Waals surface area contributed by atoms with Crippen molar-refractivity contribution < 1.29 is 4.74 Å². The van der Waals surface area contributed by atoms with Crippen LogP contribution in [0.25, 0.3) is 11.3 Å². The van der Waals surface area contributed by atoms with Crippen LogP contribution in [0.5, 0.6) is 0 Å². The highest BCUT2D eigenvalue weighted by atomic mass is 35.5. The van der Waals surface area contributed by atoms with Crippen LogP contribution in [-0.4, -0.2) is 22.7 Å². The average Bonchev–Trinajstić information content (AvgIpc) is 3.57. The zero-order chi connectivity index (χ0) is 22.2. The second kappa shape index (κ2) is 8.84. The molecule has 4 nitrogen and oxygen atoms in total. The van der Waals surface area contributed by atoms with Crippen LogP contribution in [0.15, 0.2) is 42.5 Å². The molecule has 0 saturated heterocycles. The van der Waals surface area contributed by atoms with Crippen molar-refractivity contribution in [3.8, 4) is 11.3 Å². The number of fused-ring (bicyclic) bond motifs is 1. The van der Waals surface area contributed by atoms with Gasteiger partial charge in [-0.15, -0.1) is 0 Å². The molecule has 0 aliphatic heterocycles. The molecule has 5 heteroatoms. The largest absolute Gasteiger partial charge is 0.376 e. The maximum absolute atomic E-state index is 6.63. The Morgan fingerprint density at radius 1 is 1.09 bits per heavy atom. The summed E-state index contributed by atoms with van der Waals surface area (Å²) in [5, 5.41) is 4.50. The molecular formula is C27H30ClN3O. The van der Waals surface area contributed by atoms with Gasteiger partial charge in [0.25, 0.3) is 0 Å². The molecule has 0 spiro atoms. The van der Waals surface area contributed by atoms with Crippen molar-refractivity contribution in [3.05, 3.63) is 75.6 Å². The lowest BCUT2D eigenvalue weighted by Crippen LogP contribution is -2.26. The summed E-state index contributed by atoms with van der Waals surface area (Å²) < 4.78 is 6.13. The molecule has 32 heavy (non-hydrogen) atoms. The van der Waals surface area contributed by atoms with Gasteiger partial charge in [-0.1, -0.05) is 54.9 Å². The monoisotopic (exact) mass is 447 g/mol. The summed E-state index contributed by atoms with van der Waals surface area (Å²) in [6, 6.07) is 14.9. The van der Waals surface area contributed by atoms with Gasteiger partial charge in [0.2, 0.25) is 0 Å². The van der Waals surface area contributed by atoms with E-state index >= 15 is 0 Å². The number of halogens is 1. The molecule has 2 aromatic carbocycles. The highest BCUT2D eigenvalue weighted by Crippen LogP contribution is 2.45. The lowest BCUT2D eigenvalue weighted by Gasteiger charge is -2.24. The second-order valence-corrected chi connectivity index (χ2v) is 9.29. The SMILES string of the molecule is CCO[C@H]1Cc2ccccc2[C@H]1Nc1nc(CC)c(-c2ccc(C)cc2Cl)nc1C1CC1. The van der Waals surface area contributed by atoms with Gasteiger partial charge < -0.3 is 10.1 Å². The zero-order valence-corrected chi connectivity index (χ0v) is 19.7. The van der Waals surface area contributed by atoms with Crippen LogP contribution in [0.1, 0.15) is 66.7 Å². The maximum atomic E-state index is 6.63. The molecule has 166 valence electrons. The molecule has 1 saturated carbocycles. The predicted octanol–water partition coefficient (Wildman–Crippen LogP) is 6.66. The lowest BCUT2D eigenvalue weighted by molar-refractivity contribution is 0.0573. The van der Waals surface area contributed by atoms with E-state index in [9.17, 15) is 0 Å². The lowest BCUT2D eigenvalue weighted by atomic mass is 10.0. The number of nitrogens with zero attached hydrogens (tertiary/aromatic N) is 2. The topological polar surface area (TPSA) is 47.0 Å². The smallest absolute Gasteiger partial charge is 0.148 e. The highest BCUT2D eigenvalue weighted by Gasteiger charge is 2.36. The first-order valence-corrected chi connectivity index (χ1v) is 12.1. The van der Waals surface area contributed by atoms with Gasteiger partial charge in [0, 0.05) is 24.5 Å².